The lowest BCUT2D eigenvalue weighted by Gasteiger charge is -2.28. The number of benzene rings is 1. The van der Waals surface area contributed by atoms with Crippen molar-refractivity contribution in [1.82, 2.24) is 0 Å². The smallest absolute Gasteiger partial charge is 0.466 e. The Hall–Kier alpha value is -2.29. The van der Waals surface area contributed by atoms with Gasteiger partial charge in [0.2, 0.25) is 0 Å². The molecule has 0 spiro atoms. The van der Waals surface area contributed by atoms with Gasteiger partial charge in [0.05, 0.1) is 19.7 Å². The number of halogens is 3. The minimum atomic E-state index is -4.75. The molecule has 0 bridgehead atoms. The molecule has 0 saturated carbocycles. The number of carbonyl (C=O) groups is 2. The van der Waals surface area contributed by atoms with E-state index in [1.54, 1.807) is 6.92 Å². The first kappa shape index (κ1) is 20.0. The van der Waals surface area contributed by atoms with E-state index in [0.717, 1.165) is 36.4 Å². The molecule has 2 rings (SSSR count). The molecule has 1 aliphatic rings. The van der Waals surface area contributed by atoms with Gasteiger partial charge in [0.1, 0.15) is 11.7 Å². The third-order valence-corrected chi connectivity index (χ3v) is 4.02. The number of esters is 1. The second-order valence-corrected chi connectivity index (χ2v) is 6.09. The summed E-state index contributed by atoms with van der Waals surface area (Å²) in [4.78, 5) is 24.9. The standard InChI is InChI=1S/C17H21F3N2O4/c1-2-25-16(24)12-4-3-9-22(10-12)11-15(23)21-13-5-7-14(8-6-13)26-17(18,19)20/h5-8,12H,2-4,9-11H2,1H3,(H,21,23)/p+1/t12-/m1/s1. The van der Waals surface area contributed by atoms with E-state index in [4.69, 9.17) is 4.74 Å². The van der Waals surface area contributed by atoms with Crippen LogP contribution in [0.15, 0.2) is 24.3 Å². The molecule has 1 unspecified atom stereocenters. The van der Waals surface area contributed by atoms with E-state index in [1.807, 2.05) is 0 Å². The van der Waals surface area contributed by atoms with Crippen molar-refractivity contribution in [1.29, 1.82) is 0 Å². The van der Waals surface area contributed by atoms with E-state index in [9.17, 15) is 22.8 Å². The molecule has 0 aliphatic carbocycles. The van der Waals surface area contributed by atoms with Crippen molar-refractivity contribution in [2.75, 3.05) is 31.6 Å². The van der Waals surface area contributed by atoms with Gasteiger partial charge in [-0.25, -0.2) is 0 Å². The molecule has 6 nitrogen and oxygen atoms in total. The van der Waals surface area contributed by atoms with Crippen LogP contribution >= 0.6 is 0 Å². The van der Waals surface area contributed by atoms with Crippen LogP contribution in [0.2, 0.25) is 0 Å². The Labute approximate surface area is 149 Å². The van der Waals surface area contributed by atoms with Crippen molar-refractivity contribution in [3.8, 4) is 5.75 Å². The van der Waals surface area contributed by atoms with Crippen LogP contribution in [-0.4, -0.2) is 44.5 Å². The minimum Gasteiger partial charge on any atom is -0.466 e. The molecular weight excluding hydrogens is 353 g/mol. The first-order valence-electron chi connectivity index (χ1n) is 8.42. The van der Waals surface area contributed by atoms with Crippen LogP contribution in [0.4, 0.5) is 18.9 Å². The van der Waals surface area contributed by atoms with Gasteiger partial charge in [0, 0.05) is 5.69 Å². The van der Waals surface area contributed by atoms with Crippen molar-refractivity contribution in [2.24, 2.45) is 5.92 Å². The van der Waals surface area contributed by atoms with Crippen LogP contribution in [0.3, 0.4) is 0 Å². The van der Waals surface area contributed by atoms with E-state index in [-0.39, 0.29) is 30.1 Å². The molecule has 1 aliphatic heterocycles. The predicted molar refractivity (Wildman–Crippen MR) is 86.7 cm³/mol. The molecule has 9 heteroatoms. The van der Waals surface area contributed by atoms with E-state index in [0.29, 0.717) is 18.8 Å². The van der Waals surface area contributed by atoms with Gasteiger partial charge in [-0.2, -0.15) is 0 Å². The highest BCUT2D eigenvalue weighted by atomic mass is 19.4. The van der Waals surface area contributed by atoms with Crippen molar-refractivity contribution >= 4 is 17.6 Å². The summed E-state index contributed by atoms with van der Waals surface area (Å²) in [6.45, 7) is 3.58. The summed E-state index contributed by atoms with van der Waals surface area (Å²) in [5.74, 6) is -1.06. The number of alkyl halides is 3. The normalized spacial score (nSPS) is 20.3. The molecule has 1 saturated heterocycles. The monoisotopic (exact) mass is 375 g/mol. The third-order valence-electron chi connectivity index (χ3n) is 4.02. The van der Waals surface area contributed by atoms with Crippen molar-refractivity contribution in [2.45, 2.75) is 26.1 Å². The Bertz CT molecular complexity index is 619. The Morgan fingerprint density at radius 2 is 1.96 bits per heavy atom. The maximum Gasteiger partial charge on any atom is 0.573 e. The summed E-state index contributed by atoms with van der Waals surface area (Å²) >= 11 is 0. The van der Waals surface area contributed by atoms with Crippen LogP contribution in [0.25, 0.3) is 0 Å². The maximum absolute atomic E-state index is 12.1. The van der Waals surface area contributed by atoms with Crippen molar-refractivity contribution < 1.29 is 37.1 Å². The maximum atomic E-state index is 12.1. The second-order valence-electron chi connectivity index (χ2n) is 6.09. The Morgan fingerprint density at radius 3 is 2.58 bits per heavy atom. The first-order chi connectivity index (χ1) is 12.3. The number of hydrogen-bond donors (Lipinski definition) is 2. The Kier molecular flexibility index (Phi) is 6.84. The average molecular weight is 375 g/mol. The minimum absolute atomic E-state index is 0.177. The predicted octanol–water partition coefficient (Wildman–Crippen LogP) is 1.38. The number of quaternary nitrogens is 1. The SMILES string of the molecule is CCOC(=O)[C@@H]1CCC[NH+](CC(=O)Nc2ccc(OC(F)(F)F)cc2)C1. The highest BCUT2D eigenvalue weighted by Gasteiger charge is 2.32. The van der Waals surface area contributed by atoms with Gasteiger partial charge in [-0.1, -0.05) is 0 Å². The third kappa shape index (κ3) is 6.55. The first-order valence-corrected chi connectivity index (χ1v) is 8.42. The van der Waals surface area contributed by atoms with E-state index in [2.05, 4.69) is 10.1 Å². The van der Waals surface area contributed by atoms with Gasteiger partial charge < -0.3 is 19.7 Å². The highest BCUT2D eigenvalue weighted by molar-refractivity contribution is 5.91. The highest BCUT2D eigenvalue weighted by Crippen LogP contribution is 2.23. The summed E-state index contributed by atoms with van der Waals surface area (Å²) in [5.41, 5.74) is 0.378. The van der Waals surface area contributed by atoms with Crippen LogP contribution in [0.1, 0.15) is 19.8 Å². The topological polar surface area (TPSA) is 69.1 Å². The summed E-state index contributed by atoms with van der Waals surface area (Å²) in [6, 6.07) is 4.94. The summed E-state index contributed by atoms with van der Waals surface area (Å²) in [7, 11) is 0. The van der Waals surface area contributed by atoms with Crippen molar-refractivity contribution in [3.05, 3.63) is 24.3 Å². The summed E-state index contributed by atoms with van der Waals surface area (Å²) in [5, 5.41) is 2.64. The lowest BCUT2D eigenvalue weighted by molar-refractivity contribution is -0.899. The van der Waals surface area contributed by atoms with E-state index >= 15 is 0 Å². The quantitative estimate of drug-likeness (QED) is 0.738. The number of rotatable bonds is 6. The molecule has 1 aromatic rings. The number of hydrogen-bond acceptors (Lipinski definition) is 4. The van der Waals surface area contributed by atoms with E-state index in [1.165, 1.54) is 12.1 Å². The number of piperidine rings is 1. The van der Waals surface area contributed by atoms with Gasteiger partial charge in [0.25, 0.3) is 5.91 Å². The number of likely N-dealkylation sites (tertiary alicyclic amines) is 1. The van der Waals surface area contributed by atoms with Gasteiger partial charge in [0.15, 0.2) is 6.54 Å². The fraction of sp³-hybridized carbons (Fsp3) is 0.529. The molecule has 2 N–H and O–H groups in total. The lowest BCUT2D eigenvalue weighted by Crippen LogP contribution is -3.14. The fourth-order valence-electron chi connectivity index (χ4n) is 2.95. The molecular formula is C17H22F3N2O4+. The Balaban J connectivity index is 1.83. The van der Waals surface area contributed by atoms with Crippen LogP contribution in [-0.2, 0) is 14.3 Å². The Morgan fingerprint density at radius 1 is 1.27 bits per heavy atom. The molecule has 0 radical (unpaired) electrons. The second kappa shape index (κ2) is 8.88. The zero-order chi connectivity index (χ0) is 19.2. The number of amides is 1. The number of carbonyl (C=O) groups excluding carboxylic acids is 2. The van der Waals surface area contributed by atoms with Gasteiger partial charge in [-0.3, -0.25) is 9.59 Å². The van der Waals surface area contributed by atoms with Gasteiger partial charge in [-0.15, -0.1) is 13.2 Å². The molecule has 2 atom stereocenters. The molecule has 1 aromatic carbocycles. The molecule has 1 amide bonds. The molecule has 26 heavy (non-hydrogen) atoms. The number of ether oxygens (including phenoxy) is 2. The fourth-order valence-corrected chi connectivity index (χ4v) is 2.95. The number of nitrogens with one attached hydrogen (secondary N) is 2. The molecule has 1 heterocycles. The lowest BCUT2D eigenvalue weighted by atomic mass is 9.98. The van der Waals surface area contributed by atoms with Gasteiger partial charge >= 0.3 is 12.3 Å². The molecule has 144 valence electrons. The van der Waals surface area contributed by atoms with Crippen LogP contribution in [0.5, 0.6) is 5.75 Å². The summed E-state index contributed by atoms with van der Waals surface area (Å²) < 4.78 is 45.2. The average Bonchev–Trinajstić information content (AvgIpc) is 2.56. The van der Waals surface area contributed by atoms with Crippen LogP contribution in [0, 0.1) is 5.92 Å². The summed E-state index contributed by atoms with van der Waals surface area (Å²) in [6.07, 6.45) is -3.17. The number of anilines is 1. The zero-order valence-corrected chi connectivity index (χ0v) is 14.4. The van der Waals surface area contributed by atoms with Crippen molar-refractivity contribution in [3.63, 3.8) is 0 Å². The molecule has 1 fully saturated rings. The van der Waals surface area contributed by atoms with Gasteiger partial charge in [-0.05, 0) is 44.0 Å². The van der Waals surface area contributed by atoms with Crippen LogP contribution < -0.4 is 15.0 Å². The van der Waals surface area contributed by atoms with E-state index < -0.39 is 6.36 Å². The molecule has 0 aromatic heterocycles. The largest absolute Gasteiger partial charge is 0.573 e. The zero-order valence-electron chi connectivity index (χ0n) is 14.4.